The fraction of sp³-hybridized carbons (Fsp3) is 0.462. The summed E-state index contributed by atoms with van der Waals surface area (Å²) in [7, 11) is 0. The maximum Gasteiger partial charge on any atom is 0.165 e. The van der Waals surface area contributed by atoms with Gasteiger partial charge in [-0.25, -0.2) is 0 Å². The minimum atomic E-state index is -0.263. The summed E-state index contributed by atoms with van der Waals surface area (Å²) in [5, 5.41) is 4.18. The van der Waals surface area contributed by atoms with E-state index in [1.165, 1.54) is 5.56 Å². The first kappa shape index (κ1) is 10.2. The Labute approximate surface area is 90.9 Å². The summed E-state index contributed by atoms with van der Waals surface area (Å²) in [4.78, 5) is 5.59. The van der Waals surface area contributed by atoms with Crippen molar-refractivity contribution in [2.24, 2.45) is 11.1 Å². The highest BCUT2D eigenvalue weighted by Crippen LogP contribution is 2.35. The monoisotopic (exact) mass is 203 g/mol. The molecule has 0 bridgehead atoms. The van der Waals surface area contributed by atoms with Gasteiger partial charge in [0.2, 0.25) is 0 Å². The maximum absolute atomic E-state index is 5.59. The Balaban J connectivity index is 2.20. The van der Waals surface area contributed by atoms with Crippen molar-refractivity contribution in [2.75, 3.05) is 0 Å². The summed E-state index contributed by atoms with van der Waals surface area (Å²) in [5.41, 5.74) is 2.09. The molecule has 15 heavy (non-hydrogen) atoms. The van der Waals surface area contributed by atoms with Gasteiger partial charge in [0.05, 0.1) is 5.71 Å². The van der Waals surface area contributed by atoms with Gasteiger partial charge in [-0.2, -0.15) is 0 Å². The lowest BCUT2D eigenvalue weighted by Gasteiger charge is -2.21. The van der Waals surface area contributed by atoms with Gasteiger partial charge in [0.1, 0.15) is 0 Å². The zero-order valence-corrected chi connectivity index (χ0v) is 9.53. The minimum absolute atomic E-state index is 0.263. The van der Waals surface area contributed by atoms with E-state index < -0.39 is 0 Å². The standard InChI is InChI=1S/C13H17NO/c1-10(2)12-9-13(3,15-14-12)11-7-5-4-6-8-11/h4-8,10H,9H2,1-3H3. The molecule has 0 spiro atoms. The lowest BCUT2D eigenvalue weighted by atomic mass is 9.88. The van der Waals surface area contributed by atoms with E-state index in [-0.39, 0.29) is 5.60 Å². The van der Waals surface area contributed by atoms with Crippen LogP contribution in [0, 0.1) is 5.92 Å². The summed E-state index contributed by atoms with van der Waals surface area (Å²) in [6.07, 6.45) is 0.898. The average Bonchev–Trinajstić information content (AvgIpc) is 2.64. The van der Waals surface area contributed by atoms with Gasteiger partial charge in [-0.05, 0) is 18.4 Å². The van der Waals surface area contributed by atoms with Crippen molar-refractivity contribution in [1.29, 1.82) is 0 Å². The number of hydrogen-bond donors (Lipinski definition) is 0. The van der Waals surface area contributed by atoms with Gasteiger partial charge < -0.3 is 4.84 Å². The first-order chi connectivity index (χ1) is 7.12. The zero-order chi connectivity index (χ0) is 10.9. The maximum atomic E-state index is 5.59. The molecule has 1 heterocycles. The van der Waals surface area contributed by atoms with Gasteiger partial charge in [-0.3, -0.25) is 0 Å². The molecule has 1 aliphatic rings. The Bertz CT molecular complexity index is 369. The third kappa shape index (κ3) is 1.89. The van der Waals surface area contributed by atoms with E-state index in [0.29, 0.717) is 5.92 Å². The Morgan fingerprint density at radius 3 is 2.47 bits per heavy atom. The smallest absolute Gasteiger partial charge is 0.165 e. The number of nitrogens with zero attached hydrogens (tertiary/aromatic N) is 1. The van der Waals surface area contributed by atoms with Crippen LogP contribution >= 0.6 is 0 Å². The molecule has 0 aliphatic carbocycles. The van der Waals surface area contributed by atoms with Crippen molar-refractivity contribution in [2.45, 2.75) is 32.8 Å². The molecule has 2 heteroatoms. The highest BCUT2D eigenvalue weighted by atomic mass is 16.7. The molecular formula is C13H17NO. The molecule has 0 saturated heterocycles. The molecule has 1 aromatic carbocycles. The third-order valence-corrected chi connectivity index (χ3v) is 2.93. The zero-order valence-electron chi connectivity index (χ0n) is 9.53. The molecule has 0 fully saturated rings. The number of oxime groups is 1. The van der Waals surface area contributed by atoms with E-state index in [1.807, 2.05) is 18.2 Å². The summed E-state index contributed by atoms with van der Waals surface area (Å²) in [5.74, 6) is 0.468. The molecule has 1 atom stereocenters. The van der Waals surface area contributed by atoms with Gasteiger partial charge in [0.25, 0.3) is 0 Å². The highest BCUT2D eigenvalue weighted by Gasteiger charge is 2.36. The van der Waals surface area contributed by atoms with E-state index in [9.17, 15) is 0 Å². The number of hydrogen-bond acceptors (Lipinski definition) is 2. The van der Waals surface area contributed by atoms with Crippen LogP contribution in [0.4, 0.5) is 0 Å². The molecule has 0 radical (unpaired) electrons. The van der Waals surface area contributed by atoms with Crippen LogP contribution in [0.5, 0.6) is 0 Å². The van der Waals surface area contributed by atoms with Gasteiger partial charge in [-0.15, -0.1) is 0 Å². The number of benzene rings is 1. The fourth-order valence-electron chi connectivity index (χ4n) is 1.82. The van der Waals surface area contributed by atoms with Crippen LogP contribution in [-0.4, -0.2) is 5.71 Å². The Kier molecular flexibility index (Phi) is 2.51. The third-order valence-electron chi connectivity index (χ3n) is 2.93. The molecule has 0 N–H and O–H groups in total. The van der Waals surface area contributed by atoms with Crippen molar-refractivity contribution >= 4 is 5.71 Å². The van der Waals surface area contributed by atoms with Crippen LogP contribution in [0.1, 0.15) is 32.8 Å². The molecule has 1 aromatic rings. The molecule has 0 amide bonds. The summed E-state index contributed by atoms with van der Waals surface area (Å²) < 4.78 is 0. The second-order valence-corrected chi connectivity index (χ2v) is 4.60. The Morgan fingerprint density at radius 1 is 1.27 bits per heavy atom. The van der Waals surface area contributed by atoms with Crippen molar-refractivity contribution in [3.8, 4) is 0 Å². The van der Waals surface area contributed by atoms with Gasteiger partial charge in [-0.1, -0.05) is 49.3 Å². The largest absolute Gasteiger partial charge is 0.384 e. The van der Waals surface area contributed by atoms with Crippen molar-refractivity contribution < 1.29 is 4.84 Å². The molecule has 2 rings (SSSR count). The van der Waals surface area contributed by atoms with Crippen molar-refractivity contribution in [1.82, 2.24) is 0 Å². The van der Waals surface area contributed by atoms with Crippen LogP contribution in [-0.2, 0) is 10.4 Å². The topological polar surface area (TPSA) is 21.6 Å². The van der Waals surface area contributed by atoms with Crippen LogP contribution < -0.4 is 0 Å². The molecule has 0 saturated carbocycles. The quantitative estimate of drug-likeness (QED) is 0.722. The molecule has 1 unspecified atom stereocenters. The summed E-state index contributed by atoms with van der Waals surface area (Å²) in [6.45, 7) is 6.40. The lowest BCUT2D eigenvalue weighted by Crippen LogP contribution is -2.22. The summed E-state index contributed by atoms with van der Waals surface area (Å²) >= 11 is 0. The second kappa shape index (κ2) is 3.69. The van der Waals surface area contributed by atoms with E-state index in [0.717, 1.165) is 12.1 Å². The van der Waals surface area contributed by atoms with E-state index in [4.69, 9.17) is 4.84 Å². The number of rotatable bonds is 2. The average molecular weight is 203 g/mol. The van der Waals surface area contributed by atoms with Crippen LogP contribution in [0.15, 0.2) is 35.5 Å². The predicted octanol–water partition coefficient (Wildman–Crippen LogP) is 3.33. The van der Waals surface area contributed by atoms with E-state index in [1.54, 1.807) is 0 Å². The fourth-order valence-corrected chi connectivity index (χ4v) is 1.82. The SMILES string of the molecule is CC(C)C1=NOC(C)(c2ccccc2)C1. The van der Waals surface area contributed by atoms with E-state index in [2.05, 4.69) is 38.1 Å². The molecule has 1 aliphatic heterocycles. The van der Waals surface area contributed by atoms with Gasteiger partial charge >= 0.3 is 0 Å². The highest BCUT2D eigenvalue weighted by molar-refractivity contribution is 5.87. The molecule has 80 valence electrons. The summed E-state index contributed by atoms with van der Waals surface area (Å²) in [6, 6.07) is 10.3. The van der Waals surface area contributed by atoms with Crippen LogP contribution in [0.25, 0.3) is 0 Å². The minimum Gasteiger partial charge on any atom is -0.384 e. The molecule has 0 aromatic heterocycles. The second-order valence-electron chi connectivity index (χ2n) is 4.60. The van der Waals surface area contributed by atoms with Crippen LogP contribution in [0.3, 0.4) is 0 Å². The first-order valence-corrected chi connectivity index (χ1v) is 5.42. The van der Waals surface area contributed by atoms with Gasteiger partial charge in [0.15, 0.2) is 5.60 Å². The van der Waals surface area contributed by atoms with Crippen molar-refractivity contribution in [3.63, 3.8) is 0 Å². The Morgan fingerprint density at radius 2 is 1.93 bits per heavy atom. The molecule has 2 nitrogen and oxygen atoms in total. The predicted molar refractivity (Wildman–Crippen MR) is 61.8 cm³/mol. The van der Waals surface area contributed by atoms with Crippen LogP contribution in [0.2, 0.25) is 0 Å². The van der Waals surface area contributed by atoms with Crippen molar-refractivity contribution in [3.05, 3.63) is 35.9 Å². The lowest BCUT2D eigenvalue weighted by molar-refractivity contribution is -0.00738. The first-order valence-electron chi connectivity index (χ1n) is 5.42. The Hall–Kier alpha value is -1.31. The van der Waals surface area contributed by atoms with Gasteiger partial charge in [0, 0.05) is 6.42 Å². The molecular weight excluding hydrogens is 186 g/mol. The normalized spacial score (nSPS) is 25.2. The van der Waals surface area contributed by atoms with E-state index >= 15 is 0 Å².